The molecule has 0 radical (unpaired) electrons. The van der Waals surface area contributed by atoms with Crippen molar-refractivity contribution in [3.8, 4) is 0 Å². The van der Waals surface area contributed by atoms with Gasteiger partial charge in [-0.1, -0.05) is 30.3 Å². The molecular formula is C16H23N7O. The number of rotatable bonds is 7. The van der Waals surface area contributed by atoms with Crippen molar-refractivity contribution < 1.29 is 5.21 Å². The fourth-order valence-electron chi connectivity index (χ4n) is 2.64. The summed E-state index contributed by atoms with van der Waals surface area (Å²) in [6.45, 7) is 4.22. The summed E-state index contributed by atoms with van der Waals surface area (Å²) >= 11 is 0. The van der Waals surface area contributed by atoms with Crippen molar-refractivity contribution in [2.45, 2.75) is 12.8 Å². The zero-order valence-electron chi connectivity index (χ0n) is 13.6. The Bertz CT molecular complexity index is 632. The number of nitrogens with one attached hydrogen (secondary N) is 3. The lowest BCUT2D eigenvalue weighted by Crippen LogP contribution is -2.44. The van der Waals surface area contributed by atoms with E-state index in [0.29, 0.717) is 11.9 Å². The van der Waals surface area contributed by atoms with Gasteiger partial charge in [0.05, 0.1) is 0 Å². The Hall–Kier alpha value is -2.45. The molecule has 1 aliphatic heterocycles. The topological polar surface area (TPSA) is 98.2 Å². The van der Waals surface area contributed by atoms with Crippen molar-refractivity contribution in [2.24, 2.45) is 0 Å². The van der Waals surface area contributed by atoms with Crippen LogP contribution in [-0.4, -0.2) is 52.9 Å². The smallest absolute Gasteiger partial charge is 0.253 e. The largest absolute Gasteiger partial charge is 0.354 e. The maximum Gasteiger partial charge on any atom is 0.253 e. The SMILES string of the molecule is ONc1nc(NCCCc2ccccc2)nc(N2CCNCC2)n1. The number of hydrogen-bond donors (Lipinski definition) is 4. The molecule has 0 saturated carbocycles. The van der Waals surface area contributed by atoms with Crippen LogP contribution in [0.15, 0.2) is 30.3 Å². The first kappa shape index (κ1) is 16.4. The quantitative estimate of drug-likeness (QED) is 0.443. The Balaban J connectivity index is 1.57. The van der Waals surface area contributed by atoms with Gasteiger partial charge in [-0.3, -0.25) is 5.21 Å². The molecular weight excluding hydrogens is 306 g/mol. The molecule has 1 fully saturated rings. The van der Waals surface area contributed by atoms with Gasteiger partial charge in [0.15, 0.2) is 0 Å². The molecule has 1 aromatic heterocycles. The summed E-state index contributed by atoms with van der Waals surface area (Å²) in [5.74, 6) is 1.21. The average Bonchev–Trinajstić information content (AvgIpc) is 2.66. The number of anilines is 3. The average molecular weight is 329 g/mol. The number of aryl methyl sites for hydroxylation is 1. The van der Waals surface area contributed by atoms with Crippen LogP contribution in [0, 0.1) is 0 Å². The van der Waals surface area contributed by atoms with Crippen LogP contribution < -0.4 is 21.0 Å². The molecule has 0 atom stereocenters. The summed E-state index contributed by atoms with van der Waals surface area (Å²) in [6, 6.07) is 10.4. The highest BCUT2D eigenvalue weighted by Gasteiger charge is 2.15. The number of nitrogens with zero attached hydrogens (tertiary/aromatic N) is 4. The van der Waals surface area contributed by atoms with E-state index in [9.17, 15) is 0 Å². The Labute approximate surface area is 141 Å². The minimum Gasteiger partial charge on any atom is -0.354 e. The minimum atomic E-state index is 0.157. The lowest BCUT2D eigenvalue weighted by molar-refractivity contribution is 0.382. The molecule has 128 valence electrons. The van der Waals surface area contributed by atoms with E-state index in [1.807, 2.05) is 23.7 Å². The van der Waals surface area contributed by atoms with Crippen molar-refractivity contribution in [1.82, 2.24) is 20.3 Å². The molecule has 24 heavy (non-hydrogen) atoms. The maximum atomic E-state index is 9.14. The Morgan fingerprint density at radius 1 is 1.04 bits per heavy atom. The first-order valence-corrected chi connectivity index (χ1v) is 8.25. The van der Waals surface area contributed by atoms with Crippen molar-refractivity contribution in [1.29, 1.82) is 0 Å². The molecule has 1 aromatic carbocycles. The van der Waals surface area contributed by atoms with Crippen LogP contribution in [0.2, 0.25) is 0 Å². The first-order valence-electron chi connectivity index (χ1n) is 8.25. The Kier molecular flexibility index (Phi) is 5.75. The summed E-state index contributed by atoms with van der Waals surface area (Å²) in [4.78, 5) is 14.9. The summed E-state index contributed by atoms with van der Waals surface area (Å²) in [7, 11) is 0. The lowest BCUT2D eigenvalue weighted by Gasteiger charge is -2.27. The third-order valence-corrected chi connectivity index (χ3v) is 3.89. The molecule has 1 aliphatic rings. The molecule has 0 amide bonds. The molecule has 0 unspecified atom stereocenters. The van der Waals surface area contributed by atoms with Crippen LogP contribution in [0.1, 0.15) is 12.0 Å². The number of aromatic nitrogens is 3. The van der Waals surface area contributed by atoms with E-state index in [2.05, 4.69) is 42.6 Å². The molecule has 4 N–H and O–H groups in total. The zero-order valence-corrected chi connectivity index (χ0v) is 13.6. The molecule has 1 saturated heterocycles. The monoisotopic (exact) mass is 329 g/mol. The second-order valence-electron chi connectivity index (χ2n) is 5.65. The molecule has 3 rings (SSSR count). The van der Waals surface area contributed by atoms with Gasteiger partial charge in [0.1, 0.15) is 0 Å². The van der Waals surface area contributed by atoms with Crippen LogP contribution >= 0.6 is 0 Å². The standard InChI is InChI=1S/C16H23N7O/c24-22-15-19-14(18-8-4-7-13-5-2-1-3-6-13)20-16(21-15)23-11-9-17-10-12-23/h1-3,5-6,17,24H,4,7-12H2,(H2,18,19,20,21,22). The van der Waals surface area contributed by atoms with Crippen LogP contribution in [-0.2, 0) is 6.42 Å². The fraction of sp³-hybridized carbons (Fsp3) is 0.438. The van der Waals surface area contributed by atoms with Crippen LogP contribution in [0.4, 0.5) is 17.8 Å². The third-order valence-electron chi connectivity index (χ3n) is 3.89. The van der Waals surface area contributed by atoms with Crippen molar-refractivity contribution in [3.63, 3.8) is 0 Å². The van der Waals surface area contributed by atoms with E-state index in [1.54, 1.807) is 0 Å². The van der Waals surface area contributed by atoms with Gasteiger partial charge in [-0.15, -0.1) is 0 Å². The van der Waals surface area contributed by atoms with Gasteiger partial charge in [-0.2, -0.15) is 15.0 Å². The second kappa shape index (κ2) is 8.42. The van der Waals surface area contributed by atoms with Crippen LogP contribution in [0.3, 0.4) is 0 Å². The predicted molar refractivity (Wildman–Crippen MR) is 93.6 cm³/mol. The highest BCUT2D eigenvalue weighted by molar-refractivity contribution is 5.43. The van der Waals surface area contributed by atoms with Crippen molar-refractivity contribution in [2.75, 3.05) is 48.4 Å². The Morgan fingerprint density at radius 2 is 1.79 bits per heavy atom. The van der Waals surface area contributed by atoms with Gasteiger partial charge in [0.2, 0.25) is 11.9 Å². The predicted octanol–water partition coefficient (Wildman–Crippen LogP) is 1.13. The van der Waals surface area contributed by atoms with Crippen LogP contribution in [0.5, 0.6) is 0 Å². The van der Waals surface area contributed by atoms with E-state index >= 15 is 0 Å². The molecule has 0 spiro atoms. The molecule has 0 bridgehead atoms. The summed E-state index contributed by atoms with van der Waals surface area (Å²) < 4.78 is 0. The first-order chi connectivity index (χ1) is 11.8. The minimum absolute atomic E-state index is 0.157. The van der Waals surface area contributed by atoms with Gasteiger partial charge in [-0.05, 0) is 18.4 Å². The van der Waals surface area contributed by atoms with E-state index in [0.717, 1.165) is 45.6 Å². The normalized spacial score (nSPS) is 14.5. The molecule has 0 aliphatic carbocycles. The van der Waals surface area contributed by atoms with Gasteiger partial charge in [0, 0.05) is 32.7 Å². The summed E-state index contributed by atoms with van der Waals surface area (Å²) in [5, 5.41) is 15.6. The van der Waals surface area contributed by atoms with Gasteiger partial charge in [0.25, 0.3) is 5.95 Å². The number of benzene rings is 1. The van der Waals surface area contributed by atoms with Gasteiger partial charge >= 0.3 is 0 Å². The molecule has 2 aromatic rings. The maximum absolute atomic E-state index is 9.14. The lowest BCUT2D eigenvalue weighted by atomic mass is 10.1. The highest BCUT2D eigenvalue weighted by atomic mass is 16.5. The highest BCUT2D eigenvalue weighted by Crippen LogP contribution is 2.14. The third kappa shape index (κ3) is 4.53. The van der Waals surface area contributed by atoms with E-state index in [1.165, 1.54) is 5.56 Å². The molecule has 8 nitrogen and oxygen atoms in total. The summed E-state index contributed by atoms with van der Waals surface area (Å²) in [6.07, 6.45) is 1.97. The van der Waals surface area contributed by atoms with Crippen molar-refractivity contribution in [3.05, 3.63) is 35.9 Å². The van der Waals surface area contributed by atoms with Gasteiger partial charge < -0.3 is 15.5 Å². The number of hydrogen-bond acceptors (Lipinski definition) is 8. The van der Waals surface area contributed by atoms with Crippen LogP contribution in [0.25, 0.3) is 0 Å². The Morgan fingerprint density at radius 3 is 2.54 bits per heavy atom. The van der Waals surface area contributed by atoms with E-state index in [4.69, 9.17) is 5.21 Å². The molecule has 8 heteroatoms. The van der Waals surface area contributed by atoms with E-state index in [-0.39, 0.29) is 5.95 Å². The van der Waals surface area contributed by atoms with Gasteiger partial charge in [-0.25, -0.2) is 5.48 Å². The summed E-state index contributed by atoms with van der Waals surface area (Å²) in [5.41, 5.74) is 3.33. The zero-order chi connectivity index (χ0) is 16.6. The van der Waals surface area contributed by atoms with Crippen molar-refractivity contribution >= 4 is 17.8 Å². The molecule has 2 heterocycles. The fourth-order valence-corrected chi connectivity index (χ4v) is 2.64. The van der Waals surface area contributed by atoms with E-state index < -0.39 is 0 Å². The number of piperazine rings is 1. The second-order valence-corrected chi connectivity index (χ2v) is 5.65.